The van der Waals surface area contributed by atoms with Crippen LogP contribution < -0.4 is 32.2 Å². The number of hydrogen-bond donors (Lipinski definition) is 4. The van der Waals surface area contributed by atoms with Gasteiger partial charge in [0, 0.05) is 57.9 Å². The molecular formula is C40H49N12O10P. The molecule has 4 aromatic heterocycles. The Morgan fingerprint density at radius 1 is 0.714 bits per heavy atom. The Labute approximate surface area is 359 Å². The number of aryl methyl sites for hydroxylation is 4. The molecule has 0 fully saturated rings. The lowest BCUT2D eigenvalue weighted by atomic mass is 10.1. The predicted octanol–water partition coefficient (Wildman–Crippen LogP) is 3.43. The number of H-pyrrole nitrogens is 2. The van der Waals surface area contributed by atoms with Gasteiger partial charge in [0.05, 0.1) is 42.7 Å². The van der Waals surface area contributed by atoms with Crippen molar-refractivity contribution in [2.45, 2.75) is 60.3 Å². The summed E-state index contributed by atoms with van der Waals surface area (Å²) in [4.78, 5) is 67.3. The van der Waals surface area contributed by atoms with Crippen LogP contribution in [0.25, 0.3) is 22.1 Å². The zero-order valence-corrected chi connectivity index (χ0v) is 36.7. The monoisotopic (exact) mass is 888 g/mol. The van der Waals surface area contributed by atoms with Gasteiger partial charge in [-0.3, -0.25) is 42.1 Å². The topological polar surface area (TPSA) is 285 Å². The minimum absolute atomic E-state index is 0.0340. The molecule has 0 atom stereocenters. The summed E-state index contributed by atoms with van der Waals surface area (Å²) in [6.07, 6.45) is 3.83. The van der Waals surface area contributed by atoms with Gasteiger partial charge in [0.2, 0.25) is 23.1 Å². The number of rotatable bonds is 19. The standard InChI is InChI=1S/C40H49N12O10P/c1-8-51-29(17-23(3)47-51)37(55)45-39-43-27-19-25(35(41)53)21-31(58-5)33(27)49(39)13-10-11-14-50-34-28(44-40(50)46-38(56)30-18-24(4)48-52(30)9-2)20-26(36(42)54)22-32(34)61-15-12-16-62-63(57,59-6)60-7/h10-11,17-22H,8-9,12-16H2,1-7H3,(H2,41,53)(H2,42,54)(H,43,45,55)(H,44,46,56)/b11-10+. The smallest absolute Gasteiger partial charge is 0.474 e. The van der Waals surface area contributed by atoms with Gasteiger partial charge in [-0.2, -0.15) is 20.2 Å². The van der Waals surface area contributed by atoms with Crippen LogP contribution in [0.1, 0.15) is 73.3 Å². The van der Waals surface area contributed by atoms with Gasteiger partial charge in [0.15, 0.2) is 0 Å². The van der Waals surface area contributed by atoms with E-state index in [0.29, 0.717) is 52.3 Å². The Morgan fingerprint density at radius 2 is 1.17 bits per heavy atom. The highest BCUT2D eigenvalue weighted by molar-refractivity contribution is 7.48. The molecule has 6 aromatic rings. The fourth-order valence-corrected chi connectivity index (χ4v) is 7.53. The molecule has 63 heavy (non-hydrogen) atoms. The first-order valence-corrected chi connectivity index (χ1v) is 21.2. The normalized spacial score (nSPS) is 12.6. The van der Waals surface area contributed by atoms with E-state index in [1.807, 2.05) is 13.8 Å². The van der Waals surface area contributed by atoms with Crippen LogP contribution in [0.3, 0.4) is 0 Å². The van der Waals surface area contributed by atoms with Crippen LogP contribution in [-0.4, -0.2) is 96.8 Å². The number of carbonyl (C=O) groups excluding carboxylic acids is 4. The average Bonchev–Trinajstić information content (AvgIpc) is 4.03. The van der Waals surface area contributed by atoms with Crippen LogP contribution >= 0.6 is 7.82 Å². The Morgan fingerprint density at radius 3 is 1.60 bits per heavy atom. The minimum Gasteiger partial charge on any atom is -0.494 e. The second-order valence-corrected chi connectivity index (χ2v) is 15.8. The maximum Gasteiger partial charge on any atom is 0.474 e. The number of ether oxygens (including phenoxy) is 2. The number of aromatic amines is 2. The van der Waals surface area contributed by atoms with E-state index in [9.17, 15) is 23.7 Å². The highest BCUT2D eigenvalue weighted by atomic mass is 31.2. The molecule has 0 bridgehead atoms. The van der Waals surface area contributed by atoms with E-state index in [1.54, 1.807) is 62.7 Å². The van der Waals surface area contributed by atoms with Crippen molar-refractivity contribution < 1.29 is 46.8 Å². The van der Waals surface area contributed by atoms with E-state index in [-0.39, 0.29) is 72.2 Å². The van der Waals surface area contributed by atoms with Gasteiger partial charge >= 0.3 is 7.82 Å². The fourth-order valence-electron chi connectivity index (χ4n) is 6.81. The number of imidazole rings is 2. The van der Waals surface area contributed by atoms with Crippen molar-refractivity contribution in [3.8, 4) is 11.5 Å². The lowest BCUT2D eigenvalue weighted by Crippen LogP contribution is -2.22. The molecule has 4 heterocycles. The number of amides is 4. The zero-order valence-electron chi connectivity index (χ0n) is 35.8. The van der Waals surface area contributed by atoms with E-state index in [2.05, 4.69) is 30.2 Å². The van der Waals surface area contributed by atoms with Crippen molar-refractivity contribution in [3.05, 3.63) is 93.7 Å². The SMILES string of the molecule is CCn1nc(C)cc1C(=O)/N=c1/[nH]c2cc(C(N)=O)cc(OC)c2n1C/C=C/Cn1/c(=N\C(=O)c2cc(C)nn2CC)[nH]c2cc(C(N)=O)cc(OCCCOP(=O)(OC)OC)c21. The summed E-state index contributed by atoms with van der Waals surface area (Å²) >= 11 is 0. The second-order valence-electron chi connectivity index (χ2n) is 13.9. The van der Waals surface area contributed by atoms with Gasteiger partial charge < -0.3 is 40.0 Å². The van der Waals surface area contributed by atoms with Crippen molar-refractivity contribution >= 4 is 53.5 Å². The molecular weight excluding hydrogens is 839 g/mol. The number of benzene rings is 2. The van der Waals surface area contributed by atoms with Crippen molar-refractivity contribution in [3.63, 3.8) is 0 Å². The molecule has 0 aliphatic rings. The first kappa shape index (κ1) is 45.7. The molecule has 0 unspecified atom stereocenters. The fraction of sp³-hybridized carbons (Fsp3) is 0.350. The zero-order chi connectivity index (χ0) is 45.6. The first-order chi connectivity index (χ1) is 30.1. The van der Waals surface area contributed by atoms with Gasteiger partial charge in [0.25, 0.3) is 11.8 Å². The van der Waals surface area contributed by atoms with Crippen LogP contribution in [0, 0.1) is 13.8 Å². The van der Waals surface area contributed by atoms with E-state index in [0.717, 1.165) is 0 Å². The third-order valence-electron chi connectivity index (χ3n) is 9.72. The molecule has 0 spiro atoms. The van der Waals surface area contributed by atoms with Crippen LogP contribution in [0.5, 0.6) is 11.5 Å². The van der Waals surface area contributed by atoms with Gasteiger partial charge in [-0.15, -0.1) is 0 Å². The molecule has 334 valence electrons. The lowest BCUT2D eigenvalue weighted by Gasteiger charge is -2.14. The molecule has 0 saturated carbocycles. The van der Waals surface area contributed by atoms with E-state index in [1.165, 1.54) is 39.5 Å². The minimum atomic E-state index is -3.73. The van der Waals surface area contributed by atoms with E-state index in [4.69, 9.17) is 34.5 Å². The summed E-state index contributed by atoms with van der Waals surface area (Å²) < 4.78 is 45.7. The number of nitrogens with zero attached hydrogens (tertiary/aromatic N) is 8. The summed E-state index contributed by atoms with van der Waals surface area (Å²) in [5, 5.41) is 8.76. The third-order valence-corrected chi connectivity index (χ3v) is 11.1. The summed E-state index contributed by atoms with van der Waals surface area (Å²) in [5.41, 5.74) is 15.5. The number of fused-ring (bicyclic) bond motifs is 2. The number of hydrogen-bond acceptors (Lipinski definition) is 12. The summed E-state index contributed by atoms with van der Waals surface area (Å²) in [5.74, 6) is -2.02. The van der Waals surface area contributed by atoms with E-state index >= 15 is 0 Å². The average molecular weight is 889 g/mol. The highest BCUT2D eigenvalue weighted by Gasteiger charge is 2.23. The number of primary amides is 2. The molecule has 0 aliphatic heterocycles. The Bertz CT molecular complexity index is 2940. The number of carbonyl (C=O) groups is 4. The second kappa shape index (κ2) is 19.5. The molecule has 6 rings (SSSR count). The van der Waals surface area contributed by atoms with Crippen molar-refractivity contribution in [1.82, 2.24) is 38.7 Å². The van der Waals surface area contributed by atoms with Crippen molar-refractivity contribution in [2.75, 3.05) is 34.5 Å². The van der Waals surface area contributed by atoms with Gasteiger partial charge in [0.1, 0.15) is 33.9 Å². The first-order valence-electron chi connectivity index (χ1n) is 19.7. The summed E-state index contributed by atoms with van der Waals surface area (Å²) in [7, 11) is 0.123. The van der Waals surface area contributed by atoms with Gasteiger partial charge in [-0.05, 0) is 64.1 Å². The van der Waals surface area contributed by atoms with Gasteiger partial charge in [-0.25, -0.2) is 4.57 Å². The van der Waals surface area contributed by atoms with Gasteiger partial charge in [-0.1, -0.05) is 12.2 Å². The maximum atomic E-state index is 13.7. The highest BCUT2D eigenvalue weighted by Crippen LogP contribution is 2.47. The molecule has 6 N–H and O–H groups in total. The Kier molecular flexibility index (Phi) is 14.1. The molecule has 22 nitrogen and oxygen atoms in total. The largest absolute Gasteiger partial charge is 0.494 e. The number of nitrogens with one attached hydrogen (secondary N) is 2. The maximum absolute atomic E-state index is 13.7. The van der Waals surface area contributed by atoms with Crippen molar-refractivity contribution in [1.29, 1.82) is 0 Å². The summed E-state index contributed by atoms with van der Waals surface area (Å²) in [6, 6.07) is 9.33. The number of aromatic nitrogens is 8. The molecule has 23 heteroatoms. The molecule has 2 aromatic carbocycles. The Balaban J connectivity index is 1.44. The van der Waals surface area contributed by atoms with Crippen LogP contribution in [0.2, 0.25) is 0 Å². The van der Waals surface area contributed by atoms with Crippen LogP contribution in [0.15, 0.2) is 58.5 Å². The molecule has 0 radical (unpaired) electrons. The lowest BCUT2D eigenvalue weighted by molar-refractivity contribution is 0.0978. The number of methoxy groups -OCH3 is 1. The van der Waals surface area contributed by atoms with Crippen molar-refractivity contribution in [2.24, 2.45) is 21.5 Å². The Hall–Kier alpha value is -6.87. The third kappa shape index (κ3) is 9.94. The molecule has 0 saturated heterocycles. The van der Waals surface area contributed by atoms with E-state index < -0.39 is 31.5 Å². The van der Waals surface area contributed by atoms with Crippen LogP contribution in [0.4, 0.5) is 0 Å². The summed E-state index contributed by atoms with van der Waals surface area (Å²) in [6.45, 7) is 8.34. The molecule has 0 aliphatic carbocycles. The number of phosphoric ester groups is 1. The van der Waals surface area contributed by atoms with Crippen LogP contribution in [-0.2, 0) is 44.3 Å². The molecule has 4 amide bonds. The number of allylic oxidation sites excluding steroid dienone is 2. The number of phosphoric acid groups is 1. The number of nitrogens with two attached hydrogens (primary N) is 2. The quantitative estimate of drug-likeness (QED) is 0.0517. The predicted molar refractivity (Wildman–Crippen MR) is 228 cm³/mol.